The summed E-state index contributed by atoms with van der Waals surface area (Å²) in [6.07, 6.45) is -13.9. The molecule has 246 valence electrons. The average Bonchev–Trinajstić information content (AvgIpc) is 2.62. The van der Waals surface area contributed by atoms with Gasteiger partial charge in [0.15, 0.2) is 0 Å². The quantitative estimate of drug-likeness (QED) is 0.0599. The van der Waals surface area contributed by atoms with Gasteiger partial charge in [-0.25, -0.2) is 36.5 Å². The fraction of sp³-hybridized carbons (Fsp3) is 1.00. The van der Waals surface area contributed by atoms with Crippen LogP contribution in [0.25, 0.3) is 0 Å². The van der Waals surface area contributed by atoms with E-state index in [-0.39, 0.29) is 0 Å². The zero-order valence-electron chi connectivity index (χ0n) is 18.5. The smallest absolute Gasteiger partial charge is 0.387 e. The number of aliphatic hydroxyl groups excluding tert-OH is 5. The number of phosphoric ester groups is 1. The minimum Gasteiger partial charge on any atom is -0.387 e. The molecular formula is C6H19O28P7. The first kappa shape index (κ1) is 39.8. The summed E-state index contributed by atoms with van der Waals surface area (Å²) in [6, 6.07) is 0. The zero-order valence-corrected chi connectivity index (χ0v) is 24.8. The Kier molecular flexibility index (Phi) is 12.5. The van der Waals surface area contributed by atoms with Crippen LogP contribution in [0.15, 0.2) is 0 Å². The molecule has 0 bridgehead atoms. The summed E-state index contributed by atoms with van der Waals surface area (Å²) in [7, 11) is -46.4. The Balaban J connectivity index is 3.41. The molecule has 1 aliphatic rings. The van der Waals surface area contributed by atoms with Crippen molar-refractivity contribution in [3.05, 3.63) is 0 Å². The molecule has 0 spiro atoms. The first-order chi connectivity index (χ1) is 17.7. The fourth-order valence-corrected chi connectivity index (χ4v) is 11.7. The lowest BCUT2D eigenvalue weighted by atomic mass is 9.82. The molecule has 0 aliphatic heterocycles. The predicted octanol–water partition coefficient (Wildman–Crippen LogP) is -3.70. The third kappa shape index (κ3) is 12.2. The standard InChI is InChI=1S/C6H19O28P7/c7-1-2(8)4(10)6(12,5(11)3(1)9)28-37(19,20)31-40(25,26)34-41(27,32-38(21,22)29-35(13,14)15)33-39(23,24)30-36(16,17)18/h1-5,7-12H,(H,19,20)(H,21,22)(H,23,24)(H,25,26)(H2,13,14,15)(H2,16,17,18)/t1?,2-,3+,4-,5-,6?/m1/s1. The lowest BCUT2D eigenvalue weighted by Gasteiger charge is -2.46. The Bertz CT molecular complexity index is 1220. The Hall–Kier alpha value is 0.770. The maximum Gasteiger partial charge on any atom is 0.501 e. The molecule has 1 fully saturated rings. The van der Waals surface area contributed by atoms with E-state index >= 15 is 0 Å². The molecule has 0 aromatic carbocycles. The van der Waals surface area contributed by atoms with Crippen molar-refractivity contribution >= 4 is 54.8 Å². The maximum atomic E-state index is 12.6. The molecule has 0 heterocycles. The van der Waals surface area contributed by atoms with Crippen LogP contribution in [-0.4, -0.2) is 106 Å². The van der Waals surface area contributed by atoms with Crippen molar-refractivity contribution in [2.24, 2.45) is 0 Å². The minimum atomic E-state index is -7.12. The molecule has 35 heteroatoms. The molecule has 0 amide bonds. The summed E-state index contributed by atoms with van der Waals surface area (Å²) in [5.74, 6) is -4.09. The van der Waals surface area contributed by atoms with Crippen LogP contribution >= 0.6 is 54.8 Å². The van der Waals surface area contributed by atoms with Crippen LogP contribution in [0.5, 0.6) is 0 Å². The number of phosphoric acid groups is 7. The van der Waals surface area contributed by atoms with Gasteiger partial charge >= 0.3 is 54.8 Å². The summed E-state index contributed by atoms with van der Waals surface area (Å²) < 4.78 is 105. The summed E-state index contributed by atoms with van der Waals surface area (Å²) in [5, 5.41) is 58.3. The molecule has 10 atom stereocenters. The van der Waals surface area contributed by atoms with E-state index in [0.717, 1.165) is 0 Å². The van der Waals surface area contributed by atoms with Crippen LogP contribution in [-0.2, 0) is 62.3 Å². The molecule has 0 radical (unpaired) electrons. The minimum absolute atomic E-state index is 2.45. The van der Waals surface area contributed by atoms with Crippen molar-refractivity contribution in [3.63, 3.8) is 0 Å². The highest BCUT2D eigenvalue weighted by Crippen LogP contribution is 2.79. The van der Waals surface area contributed by atoms with E-state index in [1.54, 1.807) is 0 Å². The molecule has 6 unspecified atom stereocenters. The summed E-state index contributed by atoms with van der Waals surface area (Å²) in [4.78, 5) is 71.9. The van der Waals surface area contributed by atoms with E-state index < -0.39 is 91.1 Å². The van der Waals surface area contributed by atoms with E-state index in [0.29, 0.717) is 0 Å². The second kappa shape index (κ2) is 12.9. The maximum absolute atomic E-state index is 12.6. The largest absolute Gasteiger partial charge is 0.501 e. The van der Waals surface area contributed by atoms with E-state index in [1.807, 2.05) is 0 Å². The molecule has 0 saturated heterocycles. The van der Waals surface area contributed by atoms with Crippen molar-refractivity contribution in [3.8, 4) is 0 Å². The van der Waals surface area contributed by atoms with Gasteiger partial charge in [0, 0.05) is 0 Å². The summed E-state index contributed by atoms with van der Waals surface area (Å²) in [6.45, 7) is 0. The van der Waals surface area contributed by atoms with Crippen LogP contribution < -0.4 is 0 Å². The van der Waals surface area contributed by atoms with Gasteiger partial charge in [-0.05, 0) is 0 Å². The van der Waals surface area contributed by atoms with Crippen molar-refractivity contribution < 1.29 is 132 Å². The fourth-order valence-electron chi connectivity index (χ4n) is 2.42. The van der Waals surface area contributed by atoms with Gasteiger partial charge in [0.2, 0.25) is 5.79 Å². The third-order valence-corrected chi connectivity index (χ3v) is 14.1. The van der Waals surface area contributed by atoms with Gasteiger partial charge in [0.05, 0.1) is 0 Å². The summed E-state index contributed by atoms with van der Waals surface area (Å²) in [5.41, 5.74) is 0. The normalized spacial score (nSPS) is 35.3. The topological polar surface area (TPSA) is 467 Å². The molecule has 1 rings (SSSR count). The van der Waals surface area contributed by atoms with E-state index in [9.17, 15) is 82.2 Å². The van der Waals surface area contributed by atoms with Gasteiger partial charge in [-0.1, -0.05) is 0 Å². The molecule has 41 heavy (non-hydrogen) atoms. The van der Waals surface area contributed by atoms with Crippen LogP contribution in [0.3, 0.4) is 0 Å². The van der Waals surface area contributed by atoms with Crippen LogP contribution in [0.2, 0.25) is 0 Å². The Labute approximate surface area is 223 Å². The molecule has 0 aromatic heterocycles. The van der Waals surface area contributed by atoms with Gasteiger partial charge in [-0.3, -0.25) is 0 Å². The van der Waals surface area contributed by atoms with Gasteiger partial charge < -0.3 is 69.8 Å². The molecule has 28 nitrogen and oxygen atoms in total. The molecule has 1 aliphatic carbocycles. The molecule has 1 saturated carbocycles. The molecule has 14 N–H and O–H groups in total. The van der Waals surface area contributed by atoms with Crippen molar-refractivity contribution in [1.82, 2.24) is 0 Å². The van der Waals surface area contributed by atoms with Crippen LogP contribution in [0, 0.1) is 0 Å². The average molecular weight is 756 g/mol. The monoisotopic (exact) mass is 756 g/mol. The van der Waals surface area contributed by atoms with Crippen molar-refractivity contribution in [2.45, 2.75) is 36.3 Å². The van der Waals surface area contributed by atoms with E-state index in [1.165, 1.54) is 0 Å². The van der Waals surface area contributed by atoms with Crippen molar-refractivity contribution in [1.29, 1.82) is 0 Å². The zero-order chi connectivity index (χ0) is 32.8. The Morgan fingerprint density at radius 2 is 0.732 bits per heavy atom. The first-order valence-electron chi connectivity index (χ1n) is 8.88. The Morgan fingerprint density at radius 1 is 0.439 bits per heavy atom. The van der Waals surface area contributed by atoms with E-state index in [2.05, 4.69) is 30.4 Å². The lowest BCUT2D eigenvalue weighted by molar-refractivity contribution is -0.336. The number of aliphatic hydroxyl groups is 6. The van der Waals surface area contributed by atoms with Crippen molar-refractivity contribution in [2.75, 3.05) is 0 Å². The van der Waals surface area contributed by atoms with Gasteiger partial charge in [-0.2, -0.15) is 25.9 Å². The van der Waals surface area contributed by atoms with Gasteiger partial charge in [0.25, 0.3) is 0 Å². The van der Waals surface area contributed by atoms with E-state index in [4.69, 9.17) is 19.6 Å². The number of rotatable bonds is 14. The SMILES string of the molecule is O=P(O)(O)OP(=O)(O)OP(=O)(OP(=O)(O)OP(=O)(O)O)OP(=O)(O)OP(=O)(O)OC1(O)[C@H](O)[C@H](O)C(O)[C@H](O)[C@H]1O. The highest BCUT2D eigenvalue weighted by Gasteiger charge is 2.62. The van der Waals surface area contributed by atoms with Gasteiger partial charge in [0.1, 0.15) is 30.5 Å². The van der Waals surface area contributed by atoms with Crippen LogP contribution in [0.1, 0.15) is 0 Å². The van der Waals surface area contributed by atoms with Gasteiger partial charge in [-0.15, -0.1) is 0 Å². The van der Waals surface area contributed by atoms with Crippen LogP contribution in [0.4, 0.5) is 0 Å². The molecular weight excluding hydrogens is 737 g/mol. The second-order valence-corrected chi connectivity index (χ2v) is 17.7. The highest BCUT2D eigenvalue weighted by atomic mass is 31.3. The first-order valence-corrected chi connectivity index (χ1v) is 19.4. The number of hydrogen-bond acceptors (Lipinski definition) is 20. The molecule has 0 aromatic rings. The highest BCUT2D eigenvalue weighted by molar-refractivity contribution is 7.75. The number of hydrogen-bond donors (Lipinski definition) is 14. The summed E-state index contributed by atoms with van der Waals surface area (Å²) >= 11 is 0. The second-order valence-electron chi connectivity index (χ2n) is 7.00. The third-order valence-electron chi connectivity index (χ3n) is 3.69. The lowest BCUT2D eigenvalue weighted by Crippen LogP contribution is -2.71. The predicted molar refractivity (Wildman–Crippen MR) is 114 cm³/mol. The Morgan fingerprint density at radius 3 is 1.02 bits per heavy atom.